The topological polar surface area (TPSA) is 29.5 Å². The summed E-state index contributed by atoms with van der Waals surface area (Å²) in [6.07, 6.45) is 6.31. The molecule has 19 heavy (non-hydrogen) atoms. The number of esters is 1. The van der Waals surface area contributed by atoms with Crippen LogP contribution < -0.4 is 0 Å². The van der Waals surface area contributed by atoms with Gasteiger partial charge in [0.05, 0.1) is 13.0 Å². The van der Waals surface area contributed by atoms with Crippen LogP contribution in [0.1, 0.15) is 18.4 Å². The third-order valence-electron chi connectivity index (χ3n) is 3.51. The standard InChI is InChI=1S/C16H21NO2/c1-19-16(18)15-10-6-12-17(13-15)11-5-9-14-7-3-2-4-8-14/h2-5,7-9,15H,6,10-13H2,1H3/b9-5+. The molecule has 0 spiro atoms. The summed E-state index contributed by atoms with van der Waals surface area (Å²) in [5.41, 5.74) is 1.21. The Kier molecular flexibility index (Phi) is 5.16. The molecule has 0 saturated carbocycles. The van der Waals surface area contributed by atoms with Crippen LogP contribution in [0.5, 0.6) is 0 Å². The van der Waals surface area contributed by atoms with E-state index in [1.807, 2.05) is 18.2 Å². The number of carbonyl (C=O) groups excluding carboxylic acids is 1. The van der Waals surface area contributed by atoms with E-state index >= 15 is 0 Å². The van der Waals surface area contributed by atoms with Gasteiger partial charge in [-0.25, -0.2) is 0 Å². The molecule has 1 saturated heterocycles. The van der Waals surface area contributed by atoms with Gasteiger partial charge in [0.1, 0.15) is 0 Å². The lowest BCUT2D eigenvalue weighted by molar-refractivity contribution is -0.147. The molecule has 0 aliphatic carbocycles. The van der Waals surface area contributed by atoms with Crippen LogP contribution >= 0.6 is 0 Å². The summed E-state index contributed by atoms with van der Waals surface area (Å²) in [5.74, 6) is -0.0272. The number of methoxy groups -OCH3 is 1. The number of hydrogen-bond donors (Lipinski definition) is 0. The second-order valence-electron chi connectivity index (χ2n) is 4.93. The average Bonchev–Trinajstić information content (AvgIpc) is 2.48. The fourth-order valence-electron chi connectivity index (χ4n) is 2.48. The first-order valence-corrected chi connectivity index (χ1v) is 6.81. The molecule has 0 N–H and O–H groups in total. The molecule has 1 unspecified atom stereocenters. The molecule has 1 aromatic rings. The van der Waals surface area contributed by atoms with Gasteiger partial charge in [-0.2, -0.15) is 0 Å². The van der Waals surface area contributed by atoms with E-state index in [0.717, 1.165) is 32.5 Å². The highest BCUT2D eigenvalue weighted by Crippen LogP contribution is 2.17. The highest BCUT2D eigenvalue weighted by Gasteiger charge is 2.25. The van der Waals surface area contributed by atoms with Crippen molar-refractivity contribution in [2.45, 2.75) is 12.8 Å². The summed E-state index contributed by atoms with van der Waals surface area (Å²) in [4.78, 5) is 13.9. The first kappa shape index (κ1) is 13.8. The Morgan fingerprint density at radius 1 is 1.42 bits per heavy atom. The minimum Gasteiger partial charge on any atom is -0.469 e. The van der Waals surface area contributed by atoms with Crippen molar-refractivity contribution in [3.05, 3.63) is 42.0 Å². The van der Waals surface area contributed by atoms with Gasteiger partial charge in [0.25, 0.3) is 0 Å². The first-order chi connectivity index (χ1) is 9.29. The maximum atomic E-state index is 11.5. The Labute approximate surface area is 114 Å². The zero-order chi connectivity index (χ0) is 13.5. The van der Waals surface area contributed by atoms with Crippen LogP contribution in [0.25, 0.3) is 6.08 Å². The van der Waals surface area contributed by atoms with Gasteiger partial charge in [-0.3, -0.25) is 9.69 Å². The molecule has 3 nitrogen and oxygen atoms in total. The molecule has 1 aliphatic rings. The number of hydrogen-bond acceptors (Lipinski definition) is 3. The van der Waals surface area contributed by atoms with E-state index in [4.69, 9.17) is 4.74 Å². The number of rotatable bonds is 4. The van der Waals surface area contributed by atoms with E-state index in [0.29, 0.717) is 0 Å². The third kappa shape index (κ3) is 4.21. The maximum Gasteiger partial charge on any atom is 0.309 e. The Balaban J connectivity index is 1.83. The third-order valence-corrected chi connectivity index (χ3v) is 3.51. The van der Waals surface area contributed by atoms with Crippen molar-refractivity contribution < 1.29 is 9.53 Å². The summed E-state index contributed by atoms with van der Waals surface area (Å²) in [7, 11) is 1.47. The Morgan fingerprint density at radius 2 is 2.21 bits per heavy atom. The zero-order valence-electron chi connectivity index (χ0n) is 11.4. The van der Waals surface area contributed by atoms with Gasteiger partial charge in [-0.1, -0.05) is 42.5 Å². The lowest BCUT2D eigenvalue weighted by Gasteiger charge is -2.30. The molecule has 0 bridgehead atoms. The van der Waals surface area contributed by atoms with Crippen LogP contribution in [-0.2, 0) is 9.53 Å². The summed E-state index contributed by atoms with van der Waals surface area (Å²) in [5, 5.41) is 0. The molecule has 0 radical (unpaired) electrons. The molecule has 0 aromatic heterocycles. The van der Waals surface area contributed by atoms with Gasteiger partial charge in [0.2, 0.25) is 0 Å². The minimum atomic E-state index is -0.0725. The van der Waals surface area contributed by atoms with Crippen molar-refractivity contribution in [3.8, 4) is 0 Å². The molecule has 1 fully saturated rings. The quantitative estimate of drug-likeness (QED) is 0.778. The number of carbonyl (C=O) groups is 1. The van der Waals surface area contributed by atoms with Crippen molar-refractivity contribution in [2.24, 2.45) is 5.92 Å². The number of ether oxygens (including phenoxy) is 1. The van der Waals surface area contributed by atoms with Gasteiger partial charge < -0.3 is 4.74 Å². The van der Waals surface area contributed by atoms with Gasteiger partial charge in [0, 0.05) is 13.1 Å². The van der Waals surface area contributed by atoms with E-state index in [1.165, 1.54) is 12.7 Å². The van der Waals surface area contributed by atoms with E-state index < -0.39 is 0 Å². The molecule has 1 heterocycles. The van der Waals surface area contributed by atoms with Crippen molar-refractivity contribution in [1.82, 2.24) is 4.90 Å². The van der Waals surface area contributed by atoms with Gasteiger partial charge in [-0.15, -0.1) is 0 Å². The molecule has 2 rings (SSSR count). The van der Waals surface area contributed by atoms with Crippen molar-refractivity contribution >= 4 is 12.0 Å². The Hall–Kier alpha value is -1.61. The second kappa shape index (κ2) is 7.10. The van der Waals surface area contributed by atoms with Crippen LogP contribution in [0, 0.1) is 5.92 Å². The fourth-order valence-corrected chi connectivity index (χ4v) is 2.48. The second-order valence-corrected chi connectivity index (χ2v) is 4.93. The SMILES string of the molecule is COC(=O)C1CCCN(C/C=C/c2ccccc2)C1. The number of piperidine rings is 1. The molecule has 1 aliphatic heterocycles. The van der Waals surface area contributed by atoms with Crippen LogP contribution in [0.3, 0.4) is 0 Å². The number of likely N-dealkylation sites (tertiary alicyclic amines) is 1. The zero-order valence-corrected chi connectivity index (χ0v) is 11.4. The predicted octanol–water partition coefficient (Wildman–Crippen LogP) is 2.58. The smallest absolute Gasteiger partial charge is 0.309 e. The predicted molar refractivity (Wildman–Crippen MR) is 76.7 cm³/mol. The van der Waals surface area contributed by atoms with Crippen molar-refractivity contribution in [1.29, 1.82) is 0 Å². The Bertz CT molecular complexity index is 428. The summed E-state index contributed by atoms with van der Waals surface area (Å²) in [6.45, 7) is 2.76. The van der Waals surface area contributed by atoms with Crippen LogP contribution in [0.15, 0.2) is 36.4 Å². The summed E-state index contributed by atoms with van der Waals surface area (Å²) in [6, 6.07) is 10.3. The fraction of sp³-hybridized carbons (Fsp3) is 0.438. The van der Waals surface area contributed by atoms with Crippen molar-refractivity contribution in [3.63, 3.8) is 0 Å². The number of benzene rings is 1. The normalized spacial score (nSPS) is 20.6. The molecule has 102 valence electrons. The van der Waals surface area contributed by atoms with Crippen LogP contribution in [-0.4, -0.2) is 37.6 Å². The largest absolute Gasteiger partial charge is 0.469 e. The molecular weight excluding hydrogens is 238 g/mol. The van der Waals surface area contributed by atoms with Gasteiger partial charge in [0.15, 0.2) is 0 Å². The summed E-state index contributed by atoms with van der Waals surface area (Å²) >= 11 is 0. The maximum absolute atomic E-state index is 11.5. The molecule has 3 heteroatoms. The minimum absolute atomic E-state index is 0.0453. The first-order valence-electron chi connectivity index (χ1n) is 6.81. The van der Waals surface area contributed by atoms with Gasteiger partial charge >= 0.3 is 5.97 Å². The molecule has 0 amide bonds. The average molecular weight is 259 g/mol. The van der Waals surface area contributed by atoms with Crippen molar-refractivity contribution in [2.75, 3.05) is 26.7 Å². The highest BCUT2D eigenvalue weighted by atomic mass is 16.5. The monoisotopic (exact) mass is 259 g/mol. The highest BCUT2D eigenvalue weighted by molar-refractivity contribution is 5.72. The van der Waals surface area contributed by atoms with E-state index in [9.17, 15) is 4.79 Å². The lowest BCUT2D eigenvalue weighted by atomic mass is 9.98. The van der Waals surface area contributed by atoms with Gasteiger partial charge in [-0.05, 0) is 24.9 Å². The summed E-state index contributed by atoms with van der Waals surface area (Å²) < 4.78 is 4.83. The van der Waals surface area contributed by atoms with E-state index in [2.05, 4.69) is 29.2 Å². The molecule has 1 aromatic carbocycles. The van der Waals surface area contributed by atoms with Crippen LogP contribution in [0.2, 0.25) is 0 Å². The number of nitrogens with zero attached hydrogens (tertiary/aromatic N) is 1. The van der Waals surface area contributed by atoms with E-state index in [1.54, 1.807) is 0 Å². The Morgan fingerprint density at radius 3 is 2.95 bits per heavy atom. The molecular formula is C16H21NO2. The van der Waals surface area contributed by atoms with Crippen LogP contribution in [0.4, 0.5) is 0 Å². The molecule has 1 atom stereocenters. The lowest BCUT2D eigenvalue weighted by Crippen LogP contribution is -2.39. The van der Waals surface area contributed by atoms with E-state index in [-0.39, 0.29) is 11.9 Å².